The molecule has 8 nitrogen and oxygen atoms in total. The smallest absolute Gasteiger partial charge is 0.178 e. The molecule has 1 aromatic carbocycles. The zero-order valence-electron chi connectivity index (χ0n) is 27.3. The van der Waals surface area contributed by atoms with Crippen molar-refractivity contribution in [2.45, 2.75) is 26.7 Å². The standard InChI is InChI=1S/C36H45FN8/c1-9-26(12-11-18-44(5)6)20-27(10-2)24(3)13-14-32-25(4)33(43-42-32)36-40-34-31(15-16-39-35(34)41-36)28-21-29(37)23-30(22-28)38-17-19-45(7)8/h9-10,13-16,20-23,38,42H,1,4,11-12,17-19H2,2-3,5-8H3,(H,39,40,41)/b24-13+,26-20+,27-10+,32-14+. The molecule has 236 valence electrons. The molecule has 0 spiro atoms. The van der Waals surface area contributed by atoms with Crippen LogP contribution in [0.2, 0.25) is 0 Å². The van der Waals surface area contributed by atoms with Crippen LogP contribution in [-0.4, -0.2) is 82.8 Å². The van der Waals surface area contributed by atoms with E-state index in [9.17, 15) is 4.39 Å². The normalized spacial score (nSPS) is 13.4. The van der Waals surface area contributed by atoms with Gasteiger partial charge in [-0.1, -0.05) is 37.5 Å². The zero-order chi connectivity index (χ0) is 32.5. The van der Waals surface area contributed by atoms with Crippen LogP contribution in [0.3, 0.4) is 0 Å². The number of nitrogens with one attached hydrogen (secondary N) is 3. The molecule has 3 heterocycles. The first-order valence-electron chi connectivity index (χ1n) is 15.2. The van der Waals surface area contributed by atoms with E-state index in [1.165, 1.54) is 17.7 Å². The maximum atomic E-state index is 14.6. The van der Waals surface area contributed by atoms with E-state index in [4.69, 9.17) is 4.98 Å². The molecular weight excluding hydrogens is 563 g/mol. The predicted octanol–water partition coefficient (Wildman–Crippen LogP) is 5.67. The van der Waals surface area contributed by atoms with Gasteiger partial charge in [0.05, 0.1) is 10.9 Å². The molecule has 9 heteroatoms. The van der Waals surface area contributed by atoms with Crippen LogP contribution in [0.1, 0.15) is 26.7 Å². The van der Waals surface area contributed by atoms with Gasteiger partial charge in [-0.15, -0.1) is 0 Å². The van der Waals surface area contributed by atoms with Gasteiger partial charge in [0.2, 0.25) is 0 Å². The number of H-pyrrole nitrogens is 2. The number of nitrogens with zero attached hydrogens (tertiary/aromatic N) is 5. The molecule has 45 heavy (non-hydrogen) atoms. The van der Waals surface area contributed by atoms with Crippen molar-refractivity contribution in [3.05, 3.63) is 94.4 Å². The molecule has 0 aliphatic carbocycles. The van der Waals surface area contributed by atoms with Gasteiger partial charge < -0.3 is 20.1 Å². The molecule has 0 saturated carbocycles. The number of hydrogen-bond acceptors (Lipinski definition) is 6. The Bertz CT molecular complexity index is 1840. The topological polar surface area (TPSA) is 88.8 Å². The van der Waals surface area contributed by atoms with Gasteiger partial charge in [-0.3, -0.25) is 5.10 Å². The Morgan fingerprint density at radius 3 is 2.60 bits per heavy atom. The summed E-state index contributed by atoms with van der Waals surface area (Å²) in [4.78, 5) is 16.8. The van der Waals surface area contributed by atoms with Crippen LogP contribution in [0.15, 0.2) is 78.1 Å². The number of likely N-dealkylation sites (N-methyl/N-ethyl adjacent to an activating group) is 1. The lowest BCUT2D eigenvalue weighted by Crippen LogP contribution is -2.21. The lowest BCUT2D eigenvalue weighted by Gasteiger charge is -2.12. The molecule has 0 aliphatic heterocycles. The Morgan fingerprint density at radius 2 is 1.89 bits per heavy atom. The van der Waals surface area contributed by atoms with E-state index in [2.05, 4.69) is 87.7 Å². The minimum Gasteiger partial charge on any atom is -0.384 e. The quantitative estimate of drug-likeness (QED) is 0.160. The number of rotatable bonds is 14. The van der Waals surface area contributed by atoms with Crippen LogP contribution in [0.5, 0.6) is 0 Å². The molecule has 0 amide bonds. The molecule has 0 bridgehead atoms. The Labute approximate surface area is 265 Å². The highest BCUT2D eigenvalue weighted by Crippen LogP contribution is 2.30. The molecule has 3 N–H and O–H groups in total. The third-order valence-electron chi connectivity index (χ3n) is 7.55. The largest absolute Gasteiger partial charge is 0.384 e. The third kappa shape index (κ3) is 8.74. The van der Waals surface area contributed by atoms with Gasteiger partial charge >= 0.3 is 0 Å². The summed E-state index contributed by atoms with van der Waals surface area (Å²) in [6.45, 7) is 15.0. The number of aromatic nitrogens is 5. The number of imidazole rings is 1. The van der Waals surface area contributed by atoms with Crippen LogP contribution in [-0.2, 0) is 0 Å². The summed E-state index contributed by atoms with van der Waals surface area (Å²) in [5.41, 5.74) is 7.53. The summed E-state index contributed by atoms with van der Waals surface area (Å²) in [6, 6.07) is 6.82. The Morgan fingerprint density at radius 1 is 1.11 bits per heavy atom. The third-order valence-corrected chi connectivity index (χ3v) is 7.55. The van der Waals surface area contributed by atoms with Crippen LogP contribution < -0.4 is 15.9 Å². The number of anilines is 1. The fraction of sp³-hybridized carbons (Fsp3) is 0.306. The van der Waals surface area contributed by atoms with Gasteiger partial charge in [0, 0.05) is 35.8 Å². The molecule has 4 aromatic rings. The van der Waals surface area contributed by atoms with Crippen molar-refractivity contribution in [3.63, 3.8) is 0 Å². The van der Waals surface area contributed by atoms with Crippen molar-refractivity contribution < 1.29 is 4.39 Å². The fourth-order valence-electron chi connectivity index (χ4n) is 5.01. The Hall–Kier alpha value is -4.60. The summed E-state index contributed by atoms with van der Waals surface area (Å²) in [7, 11) is 8.19. The molecule has 3 aromatic heterocycles. The second kappa shape index (κ2) is 15.4. The highest BCUT2D eigenvalue weighted by Gasteiger charge is 2.15. The van der Waals surface area contributed by atoms with E-state index in [1.807, 2.05) is 45.3 Å². The first-order valence-corrected chi connectivity index (χ1v) is 15.2. The average molecular weight is 609 g/mol. The van der Waals surface area contributed by atoms with Gasteiger partial charge in [-0.25, -0.2) is 14.4 Å². The SMILES string of the molecule is C=C\C(=C/C(=C\C)C(/C)=C/C=c1/[nH]nc(-c2nc3nccc(-c4cc(F)cc(NCCN(C)C)c4)c3[nH]2)c1=C)CCCN(C)C. The number of hydrogen-bond donors (Lipinski definition) is 3. The van der Waals surface area contributed by atoms with E-state index in [1.54, 1.807) is 6.20 Å². The molecule has 0 atom stereocenters. The first kappa shape index (κ1) is 33.3. The van der Waals surface area contributed by atoms with Crippen molar-refractivity contribution in [1.29, 1.82) is 0 Å². The van der Waals surface area contributed by atoms with E-state index in [0.717, 1.165) is 53.6 Å². The molecule has 0 unspecified atom stereocenters. The van der Waals surface area contributed by atoms with Crippen LogP contribution >= 0.6 is 0 Å². The van der Waals surface area contributed by atoms with Gasteiger partial charge in [0.25, 0.3) is 0 Å². The number of aromatic amines is 2. The average Bonchev–Trinajstić information content (AvgIpc) is 3.59. The number of allylic oxidation sites excluding steroid dienone is 7. The number of benzene rings is 1. The monoisotopic (exact) mass is 608 g/mol. The van der Waals surface area contributed by atoms with E-state index in [-0.39, 0.29) is 5.82 Å². The van der Waals surface area contributed by atoms with Gasteiger partial charge in [-0.05, 0) is 114 Å². The van der Waals surface area contributed by atoms with Crippen molar-refractivity contribution in [1.82, 2.24) is 34.9 Å². The maximum absolute atomic E-state index is 14.6. The van der Waals surface area contributed by atoms with Gasteiger partial charge in [0.15, 0.2) is 11.5 Å². The van der Waals surface area contributed by atoms with Crippen LogP contribution in [0.4, 0.5) is 10.1 Å². The Kier molecular flexibility index (Phi) is 11.4. The van der Waals surface area contributed by atoms with E-state index >= 15 is 0 Å². The molecular formula is C36H45FN8. The summed E-state index contributed by atoms with van der Waals surface area (Å²) >= 11 is 0. The van der Waals surface area contributed by atoms with Crippen molar-refractivity contribution in [3.8, 4) is 22.6 Å². The number of pyridine rings is 1. The van der Waals surface area contributed by atoms with Crippen LogP contribution in [0, 0.1) is 5.82 Å². The summed E-state index contributed by atoms with van der Waals surface area (Å²) in [5, 5.41) is 12.4. The fourth-order valence-corrected chi connectivity index (χ4v) is 5.01. The van der Waals surface area contributed by atoms with Crippen LogP contribution in [0.25, 0.3) is 46.5 Å². The summed E-state index contributed by atoms with van der Waals surface area (Å²) in [6.07, 6.45) is 14.0. The molecule has 4 rings (SSSR count). The zero-order valence-corrected chi connectivity index (χ0v) is 27.3. The Balaban J connectivity index is 1.61. The second-order valence-electron chi connectivity index (χ2n) is 11.7. The second-order valence-corrected chi connectivity index (χ2v) is 11.7. The minimum absolute atomic E-state index is 0.318. The van der Waals surface area contributed by atoms with Gasteiger partial charge in [-0.2, -0.15) is 5.10 Å². The molecule has 0 aliphatic rings. The molecule has 0 saturated heterocycles. The lowest BCUT2D eigenvalue weighted by atomic mass is 10.0. The highest BCUT2D eigenvalue weighted by molar-refractivity contribution is 5.92. The first-order chi connectivity index (χ1) is 21.6. The predicted molar refractivity (Wildman–Crippen MR) is 187 cm³/mol. The summed E-state index contributed by atoms with van der Waals surface area (Å²) in [5.74, 6) is 0.222. The van der Waals surface area contributed by atoms with E-state index in [0.29, 0.717) is 40.1 Å². The maximum Gasteiger partial charge on any atom is 0.178 e. The summed E-state index contributed by atoms with van der Waals surface area (Å²) < 4.78 is 14.6. The lowest BCUT2D eigenvalue weighted by molar-refractivity contribution is 0.400. The van der Waals surface area contributed by atoms with Crippen molar-refractivity contribution in [2.24, 2.45) is 0 Å². The van der Waals surface area contributed by atoms with Gasteiger partial charge in [0.1, 0.15) is 11.5 Å². The minimum atomic E-state index is -0.318. The highest BCUT2D eigenvalue weighted by atomic mass is 19.1. The number of halogens is 1. The van der Waals surface area contributed by atoms with E-state index < -0.39 is 0 Å². The molecule has 0 radical (unpaired) electrons. The number of fused-ring (bicyclic) bond motifs is 1. The van der Waals surface area contributed by atoms with Crippen molar-refractivity contribution >= 4 is 29.5 Å². The van der Waals surface area contributed by atoms with Crippen molar-refractivity contribution in [2.75, 3.05) is 53.1 Å². The molecule has 0 fully saturated rings.